The van der Waals surface area contributed by atoms with Gasteiger partial charge in [0.1, 0.15) is 17.8 Å². The van der Waals surface area contributed by atoms with Gasteiger partial charge in [-0.2, -0.15) is 0 Å². The van der Waals surface area contributed by atoms with E-state index in [1.54, 1.807) is 6.33 Å². The number of anilines is 1. The van der Waals surface area contributed by atoms with Crippen molar-refractivity contribution in [3.63, 3.8) is 0 Å². The van der Waals surface area contributed by atoms with Crippen LogP contribution in [-0.4, -0.2) is 14.5 Å². The first-order valence-electron chi connectivity index (χ1n) is 7.24. The van der Waals surface area contributed by atoms with Crippen molar-refractivity contribution in [2.45, 2.75) is 45.6 Å². The van der Waals surface area contributed by atoms with Crippen LogP contribution in [0.15, 0.2) is 6.33 Å². The molecule has 2 aliphatic rings. The minimum atomic E-state index is 0.618. The highest BCUT2D eigenvalue weighted by atomic mass is 15.1. The lowest BCUT2D eigenvalue weighted by Crippen LogP contribution is -2.17. The summed E-state index contributed by atoms with van der Waals surface area (Å²) in [5, 5.41) is 1.06. The van der Waals surface area contributed by atoms with Crippen molar-refractivity contribution in [2.24, 2.45) is 11.8 Å². The van der Waals surface area contributed by atoms with E-state index in [4.69, 9.17) is 5.73 Å². The van der Waals surface area contributed by atoms with Crippen molar-refractivity contribution in [3.8, 4) is 0 Å². The number of nitrogens with zero attached hydrogens (tertiary/aromatic N) is 3. The summed E-state index contributed by atoms with van der Waals surface area (Å²) >= 11 is 0. The van der Waals surface area contributed by atoms with Crippen molar-refractivity contribution in [2.75, 3.05) is 5.73 Å². The first kappa shape index (κ1) is 11.3. The number of aryl methyl sites for hydroxylation is 1. The highest BCUT2D eigenvalue weighted by Crippen LogP contribution is 2.52. The summed E-state index contributed by atoms with van der Waals surface area (Å²) in [5.74, 6) is 2.40. The monoisotopic (exact) mass is 256 g/mol. The summed E-state index contributed by atoms with van der Waals surface area (Å²) in [7, 11) is 0. The Hall–Kier alpha value is -1.58. The molecule has 19 heavy (non-hydrogen) atoms. The minimum Gasteiger partial charge on any atom is -0.383 e. The average Bonchev–Trinajstić information content (AvgIpc) is 3.06. The molecule has 0 aliphatic heterocycles. The maximum absolute atomic E-state index is 6.05. The number of hydrogen-bond donors (Lipinski definition) is 1. The molecule has 2 fully saturated rings. The van der Waals surface area contributed by atoms with Crippen LogP contribution in [0, 0.1) is 25.7 Å². The molecule has 2 aromatic rings. The Labute approximate surface area is 113 Å². The first-order chi connectivity index (χ1) is 9.16. The van der Waals surface area contributed by atoms with Crippen LogP contribution >= 0.6 is 0 Å². The zero-order chi connectivity index (χ0) is 13.1. The summed E-state index contributed by atoms with van der Waals surface area (Å²) in [6.07, 6.45) is 7.13. The predicted molar refractivity (Wildman–Crippen MR) is 75.9 cm³/mol. The number of aromatic nitrogens is 3. The summed E-state index contributed by atoms with van der Waals surface area (Å²) in [5.41, 5.74) is 9.66. The van der Waals surface area contributed by atoms with E-state index in [0.717, 1.165) is 22.9 Å². The smallest absolute Gasteiger partial charge is 0.146 e. The molecule has 4 rings (SSSR count). The standard InChI is InChI=1S/C15H20N4/c1-8-9(2)19(12-6-10-3-4-11(12)5-10)15-13(8)14(16)17-7-18-15/h7,10-12H,3-6H2,1-2H3,(H2,16,17,18). The summed E-state index contributed by atoms with van der Waals surface area (Å²) in [4.78, 5) is 8.67. The van der Waals surface area contributed by atoms with Crippen molar-refractivity contribution < 1.29 is 0 Å². The SMILES string of the molecule is Cc1c(C)n(C2CC3CCC2C3)c2ncnc(N)c12. The Morgan fingerprint density at radius 2 is 2.05 bits per heavy atom. The van der Waals surface area contributed by atoms with Gasteiger partial charge in [0.05, 0.1) is 5.39 Å². The van der Waals surface area contributed by atoms with Gasteiger partial charge in [0, 0.05) is 11.7 Å². The van der Waals surface area contributed by atoms with Crippen molar-refractivity contribution >= 4 is 16.9 Å². The lowest BCUT2D eigenvalue weighted by molar-refractivity contribution is 0.332. The highest BCUT2D eigenvalue weighted by molar-refractivity contribution is 5.90. The quantitative estimate of drug-likeness (QED) is 0.853. The molecular formula is C15H20N4. The topological polar surface area (TPSA) is 56.7 Å². The summed E-state index contributed by atoms with van der Waals surface area (Å²) in [6, 6.07) is 0.629. The zero-order valence-electron chi connectivity index (χ0n) is 11.6. The van der Waals surface area contributed by atoms with Gasteiger partial charge >= 0.3 is 0 Å². The van der Waals surface area contributed by atoms with E-state index in [0.29, 0.717) is 11.9 Å². The Bertz CT molecular complexity index is 658. The molecule has 4 nitrogen and oxygen atoms in total. The largest absolute Gasteiger partial charge is 0.383 e. The molecule has 2 heterocycles. The van der Waals surface area contributed by atoms with Gasteiger partial charge in [-0.3, -0.25) is 0 Å². The lowest BCUT2D eigenvalue weighted by atomic mass is 9.95. The van der Waals surface area contributed by atoms with E-state index < -0.39 is 0 Å². The number of nitrogens with two attached hydrogens (primary N) is 1. The molecule has 2 N–H and O–H groups in total. The van der Waals surface area contributed by atoms with Crippen molar-refractivity contribution in [3.05, 3.63) is 17.6 Å². The predicted octanol–water partition coefficient (Wildman–Crippen LogP) is 2.99. The van der Waals surface area contributed by atoms with Crippen LogP contribution in [0.25, 0.3) is 11.0 Å². The van der Waals surface area contributed by atoms with E-state index in [2.05, 4.69) is 28.4 Å². The zero-order valence-corrected chi connectivity index (χ0v) is 11.6. The fraction of sp³-hybridized carbons (Fsp3) is 0.600. The average molecular weight is 256 g/mol. The number of nitrogen functional groups attached to an aromatic ring is 1. The van der Waals surface area contributed by atoms with E-state index in [1.807, 2.05) is 0 Å². The molecule has 2 saturated carbocycles. The molecule has 3 atom stereocenters. The second kappa shape index (κ2) is 3.71. The molecule has 2 aromatic heterocycles. The van der Waals surface area contributed by atoms with E-state index >= 15 is 0 Å². The maximum Gasteiger partial charge on any atom is 0.146 e. The molecule has 100 valence electrons. The van der Waals surface area contributed by atoms with E-state index in [-0.39, 0.29) is 0 Å². The normalized spacial score (nSPS) is 29.5. The van der Waals surface area contributed by atoms with Crippen LogP contribution in [-0.2, 0) is 0 Å². The molecule has 0 radical (unpaired) electrons. The van der Waals surface area contributed by atoms with Crippen LogP contribution in [0.4, 0.5) is 5.82 Å². The molecule has 0 spiro atoms. The van der Waals surface area contributed by atoms with Gasteiger partial charge in [-0.25, -0.2) is 9.97 Å². The Morgan fingerprint density at radius 1 is 1.21 bits per heavy atom. The van der Waals surface area contributed by atoms with Crippen LogP contribution in [0.1, 0.15) is 43.0 Å². The molecule has 0 saturated heterocycles. The Morgan fingerprint density at radius 3 is 2.74 bits per heavy atom. The second-order valence-electron chi connectivity index (χ2n) is 6.28. The second-order valence-corrected chi connectivity index (χ2v) is 6.28. The van der Waals surface area contributed by atoms with Gasteiger partial charge in [-0.05, 0) is 50.5 Å². The fourth-order valence-electron chi connectivity index (χ4n) is 4.39. The van der Waals surface area contributed by atoms with Gasteiger partial charge in [-0.15, -0.1) is 0 Å². The molecule has 0 amide bonds. The molecule has 0 aromatic carbocycles. The maximum atomic E-state index is 6.05. The van der Waals surface area contributed by atoms with Crippen LogP contribution in [0.2, 0.25) is 0 Å². The van der Waals surface area contributed by atoms with Gasteiger partial charge in [0.2, 0.25) is 0 Å². The number of hydrogen-bond acceptors (Lipinski definition) is 3. The van der Waals surface area contributed by atoms with Crippen molar-refractivity contribution in [1.82, 2.24) is 14.5 Å². The Balaban J connectivity index is 1.95. The van der Waals surface area contributed by atoms with Crippen LogP contribution in [0.3, 0.4) is 0 Å². The number of fused-ring (bicyclic) bond motifs is 3. The van der Waals surface area contributed by atoms with Gasteiger partial charge < -0.3 is 10.3 Å². The van der Waals surface area contributed by atoms with Gasteiger partial charge in [0.25, 0.3) is 0 Å². The summed E-state index contributed by atoms with van der Waals surface area (Å²) in [6.45, 7) is 4.34. The van der Waals surface area contributed by atoms with Gasteiger partial charge in [0.15, 0.2) is 0 Å². The van der Waals surface area contributed by atoms with Crippen LogP contribution in [0.5, 0.6) is 0 Å². The third kappa shape index (κ3) is 1.40. The third-order valence-electron chi connectivity index (χ3n) is 5.40. The van der Waals surface area contributed by atoms with E-state index in [1.165, 1.54) is 36.9 Å². The minimum absolute atomic E-state index is 0.618. The molecule has 4 heteroatoms. The molecule has 2 bridgehead atoms. The molecule has 2 aliphatic carbocycles. The third-order valence-corrected chi connectivity index (χ3v) is 5.40. The summed E-state index contributed by atoms with van der Waals surface area (Å²) < 4.78 is 2.45. The van der Waals surface area contributed by atoms with E-state index in [9.17, 15) is 0 Å². The lowest BCUT2D eigenvalue weighted by Gasteiger charge is -2.25. The van der Waals surface area contributed by atoms with Gasteiger partial charge in [-0.1, -0.05) is 6.42 Å². The van der Waals surface area contributed by atoms with Crippen molar-refractivity contribution in [1.29, 1.82) is 0 Å². The first-order valence-corrected chi connectivity index (χ1v) is 7.24. The molecular weight excluding hydrogens is 236 g/mol. The van der Waals surface area contributed by atoms with Crippen LogP contribution < -0.4 is 5.73 Å². The fourth-order valence-corrected chi connectivity index (χ4v) is 4.39. The molecule has 3 unspecified atom stereocenters. The number of rotatable bonds is 1. The Kier molecular flexibility index (Phi) is 2.20. The highest BCUT2D eigenvalue weighted by Gasteiger charge is 2.41.